The number of piperidine rings is 1. The summed E-state index contributed by atoms with van der Waals surface area (Å²) in [7, 11) is 3.61. The molecule has 0 aliphatic carbocycles. The smallest absolute Gasteiger partial charge is 0.348 e. The normalized spacial score (nSPS) is 13.8. The lowest BCUT2D eigenvalue weighted by Gasteiger charge is -2.33. The van der Waals surface area contributed by atoms with E-state index < -0.39 is 5.69 Å². The summed E-state index contributed by atoms with van der Waals surface area (Å²) >= 11 is 0. The van der Waals surface area contributed by atoms with Crippen LogP contribution in [0.4, 0.5) is 34.5 Å². The number of hydrogen-bond donors (Lipinski definition) is 5. The molecule has 18 heteroatoms. The molecule has 2 aromatic heterocycles. The van der Waals surface area contributed by atoms with Gasteiger partial charge >= 0.3 is 5.69 Å². The highest BCUT2D eigenvalue weighted by Crippen LogP contribution is 2.40. The topological polar surface area (TPSA) is 203 Å². The van der Waals surface area contributed by atoms with Crippen LogP contribution in [0.3, 0.4) is 0 Å². The molecule has 17 nitrogen and oxygen atoms in total. The largest absolute Gasteiger partial charge is 0.508 e. The number of aromatic nitrogens is 5. The number of benzene rings is 4. The van der Waals surface area contributed by atoms with Crippen molar-refractivity contribution in [3.8, 4) is 34.3 Å². The SMILES string of the molecule is CCOc1cc(N2CCC(C(=O)NCCOCc3ccc(-n4c(-c5cc(C(C)C)c(O)cc5O)n[nH]c4=O)cc3)CC2)ccc1Nc1ncc2c(n1)N(C)c1ccccc1C(=O)N2C.Cl. The van der Waals surface area contributed by atoms with E-state index in [1.165, 1.54) is 10.6 Å². The third kappa shape index (κ3) is 9.56. The number of H-pyrrole nitrogens is 1. The summed E-state index contributed by atoms with van der Waals surface area (Å²) in [6.07, 6.45) is 3.05. The van der Waals surface area contributed by atoms with Crippen LogP contribution in [0.2, 0.25) is 0 Å². The molecular weight excluding hydrogens is 852 g/mol. The molecule has 0 atom stereocenters. The standard InChI is InChI=1S/C47H52N10O7.ClH/c1-6-64-41-23-32(15-16-36(41)50-46-49-26-38-43(51-46)54(4)37-10-8-7-9-33(37)45(61)55(38)5)56-20-17-30(18-21-56)44(60)48-19-22-63-27-29-11-13-31(14-12-29)57-42(52-53-47(57)62)35-24-34(28(2)3)39(58)25-40(35)59;/h7-16,23-26,28,30,58-59H,6,17-22,27H2,1-5H3,(H,48,60)(H,53,62)(H,49,50,51);1H. The summed E-state index contributed by atoms with van der Waals surface area (Å²) < 4.78 is 13.3. The van der Waals surface area contributed by atoms with Crippen LogP contribution in [0.15, 0.2) is 89.9 Å². The number of halogens is 1. The molecule has 4 aromatic carbocycles. The number of ether oxygens (including phenoxy) is 2. The molecule has 340 valence electrons. The molecule has 5 N–H and O–H groups in total. The van der Waals surface area contributed by atoms with Crippen molar-refractivity contribution >= 4 is 58.7 Å². The maximum atomic E-state index is 13.2. The highest BCUT2D eigenvalue weighted by molar-refractivity contribution is 6.13. The van der Waals surface area contributed by atoms with Crippen molar-refractivity contribution in [2.75, 3.05) is 67.0 Å². The van der Waals surface area contributed by atoms with Gasteiger partial charge in [0.25, 0.3) is 5.91 Å². The Morgan fingerprint density at radius 1 is 0.908 bits per heavy atom. The Hall–Kier alpha value is -7.11. The molecule has 1 saturated heterocycles. The number of phenols is 2. The Kier molecular flexibility index (Phi) is 13.9. The number of aromatic amines is 1. The number of amides is 2. The van der Waals surface area contributed by atoms with E-state index >= 15 is 0 Å². The number of nitrogens with zero attached hydrogens (tertiary/aromatic N) is 7. The fourth-order valence-corrected chi connectivity index (χ4v) is 8.14. The maximum absolute atomic E-state index is 13.2. The number of nitrogens with one attached hydrogen (secondary N) is 3. The third-order valence-electron chi connectivity index (χ3n) is 11.7. The quantitative estimate of drug-likeness (QED) is 0.0699. The summed E-state index contributed by atoms with van der Waals surface area (Å²) in [6.45, 7) is 8.66. The molecule has 2 aliphatic heterocycles. The number of fused-ring (bicyclic) bond motifs is 2. The predicted molar refractivity (Wildman–Crippen MR) is 252 cm³/mol. The molecule has 0 bridgehead atoms. The van der Waals surface area contributed by atoms with Crippen molar-refractivity contribution in [3.63, 3.8) is 0 Å². The van der Waals surface area contributed by atoms with Gasteiger partial charge in [0, 0.05) is 57.5 Å². The van der Waals surface area contributed by atoms with Crippen molar-refractivity contribution in [1.29, 1.82) is 0 Å². The summed E-state index contributed by atoms with van der Waals surface area (Å²) in [5.41, 5.74) is 5.52. The Morgan fingerprint density at radius 2 is 1.65 bits per heavy atom. The minimum absolute atomic E-state index is 0. The van der Waals surface area contributed by atoms with Crippen LogP contribution in [0.1, 0.15) is 61.0 Å². The summed E-state index contributed by atoms with van der Waals surface area (Å²) in [6, 6.07) is 23.5. The van der Waals surface area contributed by atoms with E-state index in [1.54, 1.807) is 36.3 Å². The summed E-state index contributed by atoms with van der Waals surface area (Å²) in [5, 5.41) is 33.9. The van der Waals surface area contributed by atoms with Gasteiger partial charge in [-0.2, -0.15) is 10.1 Å². The predicted octanol–water partition coefficient (Wildman–Crippen LogP) is 7.02. The Bertz CT molecular complexity index is 2730. The monoisotopic (exact) mass is 904 g/mol. The molecule has 0 saturated carbocycles. The zero-order valence-corrected chi connectivity index (χ0v) is 37.7. The van der Waals surface area contributed by atoms with Gasteiger partial charge in [0.1, 0.15) is 22.9 Å². The highest BCUT2D eigenvalue weighted by Gasteiger charge is 2.30. The van der Waals surface area contributed by atoms with Gasteiger partial charge < -0.3 is 45.0 Å². The Balaban J connectivity index is 0.00000630. The van der Waals surface area contributed by atoms with Gasteiger partial charge in [-0.25, -0.2) is 19.4 Å². The molecule has 1 fully saturated rings. The van der Waals surface area contributed by atoms with E-state index in [0.29, 0.717) is 104 Å². The van der Waals surface area contributed by atoms with Crippen molar-refractivity contribution in [1.82, 2.24) is 30.0 Å². The number of phenolic OH excluding ortho intramolecular Hbond substituents is 2. The summed E-state index contributed by atoms with van der Waals surface area (Å²) in [4.78, 5) is 54.3. The summed E-state index contributed by atoms with van der Waals surface area (Å²) in [5.74, 6) is 1.35. The molecule has 0 radical (unpaired) electrons. The number of para-hydroxylation sites is 1. The number of hydrogen-bond acceptors (Lipinski definition) is 13. The van der Waals surface area contributed by atoms with Gasteiger partial charge in [0.2, 0.25) is 11.9 Å². The average molecular weight is 905 g/mol. The van der Waals surface area contributed by atoms with E-state index in [2.05, 4.69) is 30.7 Å². The van der Waals surface area contributed by atoms with Crippen molar-refractivity contribution < 1.29 is 29.3 Å². The minimum Gasteiger partial charge on any atom is -0.508 e. The number of carbonyl (C=O) groups is 2. The van der Waals surface area contributed by atoms with Gasteiger partial charge in [-0.3, -0.25) is 9.59 Å². The first kappa shape index (κ1) is 45.9. The zero-order chi connectivity index (χ0) is 45.1. The molecule has 0 spiro atoms. The molecule has 6 aromatic rings. The number of aromatic hydroxyl groups is 2. The van der Waals surface area contributed by atoms with Crippen molar-refractivity contribution in [2.45, 2.75) is 46.1 Å². The lowest BCUT2D eigenvalue weighted by Crippen LogP contribution is -2.41. The second-order valence-corrected chi connectivity index (χ2v) is 16.1. The molecule has 0 unspecified atom stereocenters. The van der Waals surface area contributed by atoms with E-state index in [4.69, 9.17) is 14.5 Å². The van der Waals surface area contributed by atoms with Crippen LogP contribution in [0, 0.1) is 5.92 Å². The highest BCUT2D eigenvalue weighted by atomic mass is 35.5. The van der Waals surface area contributed by atoms with E-state index in [9.17, 15) is 24.6 Å². The fraction of sp³-hybridized carbons (Fsp3) is 0.319. The second kappa shape index (κ2) is 19.7. The molecule has 8 rings (SSSR count). The number of rotatable bonds is 14. The first-order valence-electron chi connectivity index (χ1n) is 21.4. The molecule has 2 aliphatic rings. The molecule has 4 heterocycles. The minimum atomic E-state index is -0.471. The van der Waals surface area contributed by atoms with E-state index in [1.807, 2.05) is 87.3 Å². The van der Waals surface area contributed by atoms with Crippen molar-refractivity contribution in [2.24, 2.45) is 5.92 Å². The fourth-order valence-electron chi connectivity index (χ4n) is 8.14. The zero-order valence-electron chi connectivity index (χ0n) is 36.9. The van der Waals surface area contributed by atoms with Crippen molar-refractivity contribution in [3.05, 3.63) is 112 Å². The Labute approximate surface area is 382 Å². The van der Waals surface area contributed by atoms with Crippen LogP contribution in [-0.4, -0.2) is 93.7 Å². The van der Waals surface area contributed by atoms with E-state index in [0.717, 1.165) is 16.9 Å². The lowest BCUT2D eigenvalue weighted by atomic mass is 9.95. The van der Waals surface area contributed by atoms with Gasteiger partial charge in [0.05, 0.1) is 54.2 Å². The lowest BCUT2D eigenvalue weighted by molar-refractivity contribution is -0.125. The first-order chi connectivity index (χ1) is 30.9. The van der Waals surface area contributed by atoms with Gasteiger partial charge in [-0.1, -0.05) is 38.1 Å². The van der Waals surface area contributed by atoms with Crippen LogP contribution in [0.25, 0.3) is 17.1 Å². The van der Waals surface area contributed by atoms with Gasteiger partial charge in [-0.15, -0.1) is 12.4 Å². The molecule has 2 amide bonds. The second-order valence-electron chi connectivity index (χ2n) is 16.1. The van der Waals surface area contributed by atoms with Crippen LogP contribution >= 0.6 is 12.4 Å². The maximum Gasteiger partial charge on any atom is 0.348 e. The third-order valence-corrected chi connectivity index (χ3v) is 11.7. The molecular formula is C47H53ClN10O7. The molecule has 65 heavy (non-hydrogen) atoms. The Morgan fingerprint density at radius 3 is 2.38 bits per heavy atom. The van der Waals surface area contributed by atoms with Crippen LogP contribution < -0.4 is 35.8 Å². The van der Waals surface area contributed by atoms with Crippen LogP contribution in [-0.2, 0) is 16.1 Å². The van der Waals surface area contributed by atoms with Gasteiger partial charge in [-0.05, 0) is 79.3 Å². The number of carbonyl (C=O) groups excluding carboxylic acids is 2. The number of anilines is 6. The average Bonchev–Trinajstić information content (AvgIpc) is 3.66. The first-order valence-corrected chi connectivity index (χ1v) is 21.4. The van der Waals surface area contributed by atoms with Gasteiger partial charge in [0.15, 0.2) is 11.6 Å². The van der Waals surface area contributed by atoms with Crippen LogP contribution in [0.5, 0.6) is 17.2 Å². The van der Waals surface area contributed by atoms with E-state index in [-0.39, 0.29) is 53.4 Å².